The van der Waals surface area contributed by atoms with E-state index in [1.165, 1.54) is 0 Å². The summed E-state index contributed by atoms with van der Waals surface area (Å²) < 4.78 is 1.63. The van der Waals surface area contributed by atoms with Crippen molar-refractivity contribution in [1.82, 2.24) is 25.5 Å². The number of hydrogen-bond acceptors (Lipinski definition) is 7. The molecule has 1 unspecified atom stereocenters. The van der Waals surface area contributed by atoms with Gasteiger partial charge in [-0.25, -0.2) is 4.68 Å². The lowest BCUT2D eigenvalue weighted by molar-refractivity contribution is 0.399. The number of thioether (sulfide) groups is 1. The number of phenols is 2. The normalized spacial score (nSPS) is 17.9. The highest BCUT2D eigenvalue weighted by Gasteiger charge is 2.22. The summed E-state index contributed by atoms with van der Waals surface area (Å²) in [7, 11) is 1.80. The first kappa shape index (κ1) is 13.2. The van der Waals surface area contributed by atoms with Gasteiger partial charge in [0.25, 0.3) is 0 Å². The molecule has 1 aliphatic rings. The number of tetrazole rings is 1. The molecule has 2 aromatic rings. The zero-order valence-corrected chi connectivity index (χ0v) is 11.8. The van der Waals surface area contributed by atoms with Gasteiger partial charge in [0.2, 0.25) is 5.16 Å². The van der Waals surface area contributed by atoms with Gasteiger partial charge in [0.1, 0.15) is 0 Å². The van der Waals surface area contributed by atoms with E-state index >= 15 is 0 Å². The van der Waals surface area contributed by atoms with Crippen LogP contribution >= 0.6 is 11.8 Å². The van der Waals surface area contributed by atoms with Crippen LogP contribution in [-0.2, 0) is 13.5 Å². The maximum atomic E-state index is 9.67. The first-order valence-electron chi connectivity index (χ1n) is 6.28. The number of phenolic OH excluding ortho intramolecular Hbond substituents is 2. The molecule has 8 heteroatoms. The molecule has 0 fully saturated rings. The standard InChI is InChI=1S/C12H15N5O2S/c1-17-12(14-15-16-17)20-6-9-8-5-11(19)10(18)4-7(8)2-3-13-9/h4-5,9,13,18-19H,2-3,6H2,1H3. The first-order chi connectivity index (χ1) is 9.65. The van der Waals surface area contributed by atoms with Crippen molar-refractivity contribution in [1.29, 1.82) is 0 Å². The van der Waals surface area contributed by atoms with Gasteiger partial charge in [0.05, 0.1) is 0 Å². The molecule has 3 N–H and O–H groups in total. The van der Waals surface area contributed by atoms with Crippen LogP contribution in [0, 0.1) is 0 Å². The zero-order chi connectivity index (χ0) is 14.1. The minimum absolute atomic E-state index is 0.0606. The third-order valence-electron chi connectivity index (χ3n) is 3.36. The van der Waals surface area contributed by atoms with E-state index in [2.05, 4.69) is 20.8 Å². The summed E-state index contributed by atoms with van der Waals surface area (Å²) >= 11 is 1.55. The number of benzene rings is 1. The number of aromatic nitrogens is 4. The van der Waals surface area contributed by atoms with Crippen LogP contribution in [0.2, 0.25) is 0 Å². The molecule has 20 heavy (non-hydrogen) atoms. The van der Waals surface area contributed by atoms with Crippen LogP contribution in [0.1, 0.15) is 17.2 Å². The van der Waals surface area contributed by atoms with E-state index in [0.29, 0.717) is 0 Å². The second-order valence-electron chi connectivity index (χ2n) is 4.69. The molecule has 1 aromatic carbocycles. The third kappa shape index (κ3) is 2.44. The van der Waals surface area contributed by atoms with Crippen molar-refractivity contribution in [2.45, 2.75) is 17.6 Å². The van der Waals surface area contributed by atoms with Gasteiger partial charge in [-0.15, -0.1) is 5.10 Å². The van der Waals surface area contributed by atoms with E-state index in [1.807, 2.05) is 0 Å². The summed E-state index contributed by atoms with van der Waals surface area (Å²) in [6, 6.07) is 3.39. The van der Waals surface area contributed by atoms with Gasteiger partial charge < -0.3 is 15.5 Å². The number of nitrogens with zero attached hydrogens (tertiary/aromatic N) is 4. The topological polar surface area (TPSA) is 96.1 Å². The van der Waals surface area contributed by atoms with Gasteiger partial charge in [-0.2, -0.15) is 0 Å². The molecule has 0 saturated carbocycles. The average molecular weight is 293 g/mol. The summed E-state index contributed by atoms with van der Waals surface area (Å²) in [6.45, 7) is 0.847. The Balaban J connectivity index is 1.79. The Morgan fingerprint density at radius 2 is 2.20 bits per heavy atom. The van der Waals surface area contributed by atoms with E-state index in [4.69, 9.17) is 0 Å². The van der Waals surface area contributed by atoms with Gasteiger partial charge in [0, 0.05) is 18.8 Å². The number of hydrogen-bond donors (Lipinski definition) is 3. The highest BCUT2D eigenvalue weighted by molar-refractivity contribution is 7.99. The van der Waals surface area contributed by atoms with Crippen LogP contribution in [-0.4, -0.2) is 42.7 Å². The second kappa shape index (κ2) is 5.29. The predicted octanol–water partition coefficient (Wildman–Crippen LogP) is 0.600. The molecular weight excluding hydrogens is 278 g/mol. The van der Waals surface area contributed by atoms with E-state index in [9.17, 15) is 10.2 Å². The predicted molar refractivity (Wildman–Crippen MR) is 73.7 cm³/mol. The fourth-order valence-corrected chi connectivity index (χ4v) is 3.25. The summed E-state index contributed by atoms with van der Waals surface area (Å²) in [5, 5.41) is 34.7. The smallest absolute Gasteiger partial charge is 0.209 e. The van der Waals surface area contributed by atoms with Crippen LogP contribution in [0.4, 0.5) is 0 Å². The Kier molecular flexibility index (Phi) is 3.49. The monoisotopic (exact) mass is 293 g/mol. The number of rotatable bonds is 3. The lowest BCUT2D eigenvalue weighted by atomic mass is 9.94. The first-order valence-corrected chi connectivity index (χ1v) is 7.27. The molecule has 0 amide bonds. The minimum Gasteiger partial charge on any atom is -0.504 e. The van der Waals surface area contributed by atoms with Crippen LogP contribution in [0.15, 0.2) is 17.3 Å². The molecule has 0 spiro atoms. The highest BCUT2D eigenvalue weighted by atomic mass is 32.2. The van der Waals surface area contributed by atoms with Crippen molar-refractivity contribution < 1.29 is 10.2 Å². The molecule has 2 heterocycles. The average Bonchev–Trinajstić information content (AvgIpc) is 2.83. The van der Waals surface area contributed by atoms with Crippen LogP contribution < -0.4 is 5.32 Å². The van der Waals surface area contributed by atoms with E-state index < -0.39 is 0 Å². The van der Waals surface area contributed by atoms with Crippen LogP contribution in [0.5, 0.6) is 11.5 Å². The number of nitrogens with one attached hydrogen (secondary N) is 1. The van der Waals surface area contributed by atoms with Crippen LogP contribution in [0.3, 0.4) is 0 Å². The van der Waals surface area contributed by atoms with Crippen molar-refractivity contribution in [3.05, 3.63) is 23.3 Å². The fourth-order valence-electron chi connectivity index (χ4n) is 2.32. The SMILES string of the molecule is Cn1nnnc1SCC1NCCc2cc(O)c(O)cc21. The van der Waals surface area contributed by atoms with Crippen molar-refractivity contribution in [2.75, 3.05) is 12.3 Å². The molecule has 0 bridgehead atoms. The van der Waals surface area contributed by atoms with Gasteiger partial charge in [0.15, 0.2) is 11.5 Å². The number of aryl methyl sites for hydroxylation is 1. The molecule has 106 valence electrons. The summed E-state index contributed by atoms with van der Waals surface area (Å²) in [5.41, 5.74) is 2.09. The Morgan fingerprint density at radius 3 is 2.95 bits per heavy atom. The molecule has 0 aliphatic carbocycles. The molecule has 1 aliphatic heterocycles. The van der Waals surface area contributed by atoms with Gasteiger partial charge >= 0.3 is 0 Å². The van der Waals surface area contributed by atoms with E-state index in [1.54, 1.807) is 35.6 Å². The fraction of sp³-hybridized carbons (Fsp3) is 0.417. The maximum Gasteiger partial charge on any atom is 0.209 e. The maximum absolute atomic E-state index is 9.67. The third-order valence-corrected chi connectivity index (χ3v) is 4.46. The Morgan fingerprint density at radius 1 is 1.40 bits per heavy atom. The van der Waals surface area contributed by atoms with Gasteiger partial charge in [-0.3, -0.25) is 0 Å². The Hall–Kier alpha value is -1.80. The summed E-state index contributed by atoms with van der Waals surface area (Å²) in [5.74, 6) is 0.614. The highest BCUT2D eigenvalue weighted by Crippen LogP contribution is 2.35. The Bertz CT molecular complexity index is 630. The van der Waals surface area contributed by atoms with Crippen molar-refractivity contribution in [3.63, 3.8) is 0 Å². The van der Waals surface area contributed by atoms with Gasteiger partial charge in [-0.05, 0) is 46.7 Å². The summed E-state index contributed by atoms with van der Waals surface area (Å²) in [6.07, 6.45) is 0.843. The minimum atomic E-state index is -0.0808. The molecular formula is C12H15N5O2S. The summed E-state index contributed by atoms with van der Waals surface area (Å²) in [4.78, 5) is 0. The van der Waals surface area contributed by atoms with E-state index in [-0.39, 0.29) is 17.5 Å². The molecule has 7 nitrogen and oxygen atoms in total. The zero-order valence-electron chi connectivity index (χ0n) is 10.9. The molecule has 1 atom stereocenters. The lowest BCUT2D eigenvalue weighted by Crippen LogP contribution is -2.31. The second-order valence-corrected chi connectivity index (χ2v) is 5.68. The molecule has 0 radical (unpaired) electrons. The number of aromatic hydroxyl groups is 2. The molecule has 0 saturated heterocycles. The molecule has 1 aromatic heterocycles. The van der Waals surface area contributed by atoms with Crippen molar-refractivity contribution >= 4 is 11.8 Å². The largest absolute Gasteiger partial charge is 0.504 e. The Labute approximate surface area is 120 Å². The van der Waals surface area contributed by atoms with Crippen molar-refractivity contribution in [3.8, 4) is 11.5 Å². The van der Waals surface area contributed by atoms with Gasteiger partial charge in [-0.1, -0.05) is 11.8 Å². The van der Waals surface area contributed by atoms with Crippen molar-refractivity contribution in [2.24, 2.45) is 7.05 Å². The quantitative estimate of drug-likeness (QED) is 0.563. The molecule has 3 rings (SSSR count). The lowest BCUT2D eigenvalue weighted by Gasteiger charge is -2.26. The van der Waals surface area contributed by atoms with Crippen LogP contribution in [0.25, 0.3) is 0 Å². The number of fused-ring (bicyclic) bond motifs is 1. The van der Waals surface area contributed by atoms with E-state index in [0.717, 1.165) is 35.0 Å².